The lowest BCUT2D eigenvalue weighted by Crippen LogP contribution is -2.21. The third kappa shape index (κ3) is 4.27. The first-order valence-electron chi connectivity index (χ1n) is 7.19. The van der Waals surface area contributed by atoms with Gasteiger partial charge in [-0.15, -0.1) is 0 Å². The van der Waals surface area contributed by atoms with Crippen LogP contribution in [0.5, 0.6) is 0 Å². The largest absolute Gasteiger partial charge is 0.390 e. The van der Waals surface area contributed by atoms with Crippen LogP contribution in [-0.2, 0) is 10.0 Å². The van der Waals surface area contributed by atoms with Crippen LogP contribution in [0.4, 0.5) is 18.9 Å². The molecule has 0 atom stereocenters. The van der Waals surface area contributed by atoms with Gasteiger partial charge in [0, 0.05) is 22.8 Å². The molecule has 0 saturated heterocycles. The second-order valence-corrected chi connectivity index (χ2v) is 7.17. The van der Waals surface area contributed by atoms with E-state index in [0.717, 1.165) is 10.9 Å². The standard InChI is InChI=1S/C15H13F3N4O2S/c16-15(17,18)6-8-25(23,24)22-11-3-1-10(2-4-11)13-12-5-7-19-14(12)21-9-20-13/h1-5,7,9,22H,6,8H2,(H,19,20,21). The van der Waals surface area contributed by atoms with Crippen LogP contribution in [0.25, 0.3) is 22.3 Å². The second kappa shape index (κ2) is 6.36. The van der Waals surface area contributed by atoms with E-state index < -0.39 is 28.4 Å². The van der Waals surface area contributed by atoms with Crippen LogP contribution in [0, 0.1) is 0 Å². The first-order chi connectivity index (χ1) is 11.7. The van der Waals surface area contributed by atoms with Gasteiger partial charge >= 0.3 is 6.18 Å². The fraction of sp³-hybridized carbons (Fsp3) is 0.200. The van der Waals surface area contributed by atoms with Gasteiger partial charge in [0.15, 0.2) is 0 Å². The number of aromatic amines is 1. The van der Waals surface area contributed by atoms with Gasteiger partial charge in [-0.3, -0.25) is 4.72 Å². The van der Waals surface area contributed by atoms with Gasteiger partial charge in [-0.05, 0) is 18.2 Å². The molecule has 0 amide bonds. The molecule has 0 aliphatic rings. The number of sulfonamides is 1. The summed E-state index contributed by atoms with van der Waals surface area (Å²) in [6.07, 6.45) is -2.78. The van der Waals surface area contributed by atoms with E-state index in [1.165, 1.54) is 18.5 Å². The highest BCUT2D eigenvalue weighted by Crippen LogP contribution is 2.26. The van der Waals surface area contributed by atoms with Crippen molar-refractivity contribution in [3.63, 3.8) is 0 Å². The summed E-state index contributed by atoms with van der Waals surface area (Å²) in [7, 11) is -4.07. The molecule has 10 heteroatoms. The van der Waals surface area contributed by atoms with Crippen molar-refractivity contribution in [2.24, 2.45) is 0 Å². The summed E-state index contributed by atoms with van der Waals surface area (Å²) in [5.74, 6) is -1.02. The normalized spacial score (nSPS) is 12.4. The Bertz CT molecular complexity index is 982. The number of benzene rings is 1. The molecule has 0 spiro atoms. The molecule has 6 nitrogen and oxygen atoms in total. The third-order valence-electron chi connectivity index (χ3n) is 3.44. The zero-order chi connectivity index (χ0) is 18.1. The summed E-state index contributed by atoms with van der Waals surface area (Å²) >= 11 is 0. The maximum atomic E-state index is 12.2. The minimum atomic E-state index is -4.52. The number of alkyl halides is 3. The average Bonchev–Trinajstić information content (AvgIpc) is 3.02. The summed E-state index contributed by atoms with van der Waals surface area (Å²) in [4.78, 5) is 11.3. The fourth-order valence-corrected chi connectivity index (χ4v) is 3.38. The number of rotatable bonds is 5. The van der Waals surface area contributed by atoms with Crippen LogP contribution in [-0.4, -0.2) is 35.3 Å². The van der Waals surface area contributed by atoms with Gasteiger partial charge in [0.05, 0.1) is 17.9 Å². The summed E-state index contributed by atoms with van der Waals surface area (Å²) in [5.41, 5.74) is 2.25. The van der Waals surface area contributed by atoms with Gasteiger partial charge in [-0.1, -0.05) is 12.1 Å². The second-order valence-electron chi connectivity index (χ2n) is 5.33. The lowest BCUT2D eigenvalue weighted by molar-refractivity contribution is -0.129. The molecule has 2 N–H and O–H groups in total. The van der Waals surface area contributed by atoms with Crippen LogP contribution >= 0.6 is 0 Å². The molecule has 1 aromatic carbocycles. The van der Waals surface area contributed by atoms with Gasteiger partial charge in [0.2, 0.25) is 10.0 Å². The molecule has 0 bridgehead atoms. The number of anilines is 1. The molecule has 3 rings (SSSR count). The zero-order valence-corrected chi connectivity index (χ0v) is 13.5. The number of hydrogen-bond donors (Lipinski definition) is 2. The third-order valence-corrected chi connectivity index (χ3v) is 4.73. The topological polar surface area (TPSA) is 87.7 Å². The molecule has 0 radical (unpaired) electrons. The summed E-state index contributed by atoms with van der Waals surface area (Å²) in [6, 6.07) is 8.04. The Hall–Kier alpha value is -2.62. The summed E-state index contributed by atoms with van der Waals surface area (Å²) in [5, 5.41) is 0.806. The van der Waals surface area contributed by atoms with Gasteiger partial charge in [0.1, 0.15) is 12.0 Å². The van der Waals surface area contributed by atoms with Crippen molar-refractivity contribution in [1.82, 2.24) is 15.0 Å². The Morgan fingerprint density at radius 1 is 1.08 bits per heavy atom. The quantitative estimate of drug-likeness (QED) is 0.721. The number of halogens is 3. The maximum Gasteiger partial charge on any atom is 0.390 e. The Morgan fingerprint density at radius 3 is 2.48 bits per heavy atom. The minimum Gasteiger partial charge on any atom is -0.346 e. The van der Waals surface area contributed by atoms with Crippen LogP contribution < -0.4 is 4.72 Å². The molecule has 3 aromatic rings. The van der Waals surface area contributed by atoms with Crippen LogP contribution in [0.1, 0.15) is 6.42 Å². The van der Waals surface area contributed by atoms with Crippen molar-refractivity contribution in [3.05, 3.63) is 42.9 Å². The van der Waals surface area contributed by atoms with E-state index in [4.69, 9.17) is 0 Å². The first-order valence-corrected chi connectivity index (χ1v) is 8.84. The summed E-state index contributed by atoms with van der Waals surface area (Å²) < 4.78 is 62.0. The Balaban J connectivity index is 1.78. The highest BCUT2D eigenvalue weighted by molar-refractivity contribution is 7.92. The molecule has 0 saturated carbocycles. The number of nitrogens with one attached hydrogen (secondary N) is 2. The minimum absolute atomic E-state index is 0.185. The SMILES string of the molecule is O=S(=O)(CCC(F)(F)F)Nc1ccc(-c2ncnc3[nH]ccc23)cc1. The van der Waals surface area contributed by atoms with Crippen molar-refractivity contribution < 1.29 is 21.6 Å². The van der Waals surface area contributed by atoms with Gasteiger partial charge in [-0.2, -0.15) is 13.2 Å². The van der Waals surface area contributed by atoms with Crippen LogP contribution in [0.2, 0.25) is 0 Å². The molecule has 0 aliphatic carbocycles. The highest BCUT2D eigenvalue weighted by Gasteiger charge is 2.29. The Kier molecular flexibility index (Phi) is 4.38. The predicted octanol–water partition coefficient (Wildman–Crippen LogP) is 3.32. The van der Waals surface area contributed by atoms with Gasteiger partial charge in [-0.25, -0.2) is 18.4 Å². The fourth-order valence-electron chi connectivity index (χ4n) is 2.28. The molecular weight excluding hydrogens is 357 g/mol. The first kappa shape index (κ1) is 17.2. The molecule has 0 unspecified atom stereocenters. The van der Waals surface area contributed by atoms with E-state index in [1.807, 2.05) is 6.07 Å². The number of nitrogens with zero attached hydrogens (tertiary/aromatic N) is 2. The van der Waals surface area contributed by atoms with E-state index in [-0.39, 0.29) is 5.69 Å². The molecule has 2 heterocycles. The van der Waals surface area contributed by atoms with E-state index >= 15 is 0 Å². The Morgan fingerprint density at radius 2 is 1.80 bits per heavy atom. The number of hydrogen-bond acceptors (Lipinski definition) is 4. The van der Waals surface area contributed by atoms with Crippen molar-refractivity contribution in [3.8, 4) is 11.3 Å². The van der Waals surface area contributed by atoms with Crippen molar-refractivity contribution in [1.29, 1.82) is 0 Å². The molecule has 132 valence electrons. The smallest absolute Gasteiger partial charge is 0.346 e. The molecule has 0 fully saturated rings. The molecule has 25 heavy (non-hydrogen) atoms. The number of H-pyrrole nitrogens is 1. The monoisotopic (exact) mass is 370 g/mol. The van der Waals surface area contributed by atoms with Gasteiger partial charge in [0.25, 0.3) is 0 Å². The zero-order valence-electron chi connectivity index (χ0n) is 12.7. The Labute approximate surface area is 141 Å². The number of aromatic nitrogens is 3. The van der Waals surface area contributed by atoms with E-state index in [0.29, 0.717) is 11.3 Å². The molecular formula is C15H13F3N4O2S. The van der Waals surface area contributed by atoms with Gasteiger partial charge < -0.3 is 4.98 Å². The molecule has 0 aliphatic heterocycles. The predicted molar refractivity (Wildman–Crippen MR) is 87.4 cm³/mol. The summed E-state index contributed by atoms with van der Waals surface area (Å²) in [6.45, 7) is 0. The van der Waals surface area contributed by atoms with E-state index in [2.05, 4.69) is 19.7 Å². The van der Waals surface area contributed by atoms with Crippen molar-refractivity contribution >= 4 is 26.7 Å². The average molecular weight is 370 g/mol. The highest BCUT2D eigenvalue weighted by atomic mass is 32.2. The van der Waals surface area contributed by atoms with Crippen LogP contribution in [0.15, 0.2) is 42.9 Å². The van der Waals surface area contributed by atoms with Crippen LogP contribution in [0.3, 0.4) is 0 Å². The van der Waals surface area contributed by atoms with Crippen molar-refractivity contribution in [2.75, 3.05) is 10.5 Å². The molecule has 2 aromatic heterocycles. The maximum absolute atomic E-state index is 12.2. The van der Waals surface area contributed by atoms with E-state index in [9.17, 15) is 21.6 Å². The van der Waals surface area contributed by atoms with E-state index in [1.54, 1.807) is 18.3 Å². The van der Waals surface area contributed by atoms with Crippen molar-refractivity contribution in [2.45, 2.75) is 12.6 Å². The lowest BCUT2D eigenvalue weighted by Gasteiger charge is -2.10. The lowest BCUT2D eigenvalue weighted by atomic mass is 10.1. The number of fused-ring (bicyclic) bond motifs is 1.